The maximum Gasteiger partial charge on any atom is 0.0234 e. The largest absolute Gasteiger partial charge is 0.313 e. The lowest BCUT2D eigenvalue weighted by atomic mass is 10.1. The Morgan fingerprint density at radius 2 is 1.90 bits per heavy atom. The summed E-state index contributed by atoms with van der Waals surface area (Å²) in [7, 11) is 0. The molecule has 112 valence electrons. The Hall–Kier alpha value is -0.770. The van der Waals surface area contributed by atoms with Crippen LogP contribution in [0.2, 0.25) is 0 Å². The average molecular weight is 364 g/mol. The fourth-order valence-corrected chi connectivity index (χ4v) is 3.78. The van der Waals surface area contributed by atoms with E-state index in [0.717, 1.165) is 18.8 Å². The van der Waals surface area contributed by atoms with Crippen molar-refractivity contribution >= 4 is 27.7 Å². The Morgan fingerprint density at radius 3 is 2.62 bits per heavy atom. The van der Waals surface area contributed by atoms with E-state index in [2.05, 4.69) is 77.6 Å². The number of hydrogen-bond donors (Lipinski definition) is 1. The van der Waals surface area contributed by atoms with Crippen molar-refractivity contribution in [2.24, 2.45) is 0 Å². The lowest BCUT2D eigenvalue weighted by Crippen LogP contribution is -2.14. The van der Waals surface area contributed by atoms with Gasteiger partial charge in [-0.1, -0.05) is 53.2 Å². The van der Waals surface area contributed by atoms with Crippen LogP contribution >= 0.6 is 27.7 Å². The van der Waals surface area contributed by atoms with Crippen LogP contribution in [0.3, 0.4) is 0 Å². The monoisotopic (exact) mass is 363 g/mol. The van der Waals surface area contributed by atoms with Gasteiger partial charge in [0.25, 0.3) is 0 Å². The van der Waals surface area contributed by atoms with E-state index in [1.807, 2.05) is 11.8 Å². The van der Waals surface area contributed by atoms with Gasteiger partial charge >= 0.3 is 0 Å². The topological polar surface area (TPSA) is 12.0 Å². The van der Waals surface area contributed by atoms with Crippen LogP contribution < -0.4 is 5.32 Å². The smallest absolute Gasteiger partial charge is 0.0234 e. The van der Waals surface area contributed by atoms with Gasteiger partial charge in [0.2, 0.25) is 0 Å². The van der Waals surface area contributed by atoms with E-state index in [9.17, 15) is 0 Å². The maximum absolute atomic E-state index is 3.69. The maximum atomic E-state index is 3.69. The summed E-state index contributed by atoms with van der Waals surface area (Å²) in [5.74, 6) is 1.02. The number of nitrogens with one attached hydrogen (secondary N) is 1. The highest BCUT2D eigenvalue weighted by Gasteiger charge is 2.03. The van der Waals surface area contributed by atoms with Crippen LogP contribution in [0.15, 0.2) is 51.8 Å². The molecular weight excluding hydrogens is 342 g/mol. The fourth-order valence-electron chi connectivity index (χ4n) is 2.09. The first kappa shape index (κ1) is 16.6. The van der Waals surface area contributed by atoms with Gasteiger partial charge < -0.3 is 5.32 Å². The molecule has 0 bridgehead atoms. The summed E-state index contributed by atoms with van der Waals surface area (Å²) >= 11 is 5.58. The van der Waals surface area contributed by atoms with Crippen LogP contribution in [0.1, 0.15) is 30.0 Å². The summed E-state index contributed by atoms with van der Waals surface area (Å²) in [6.45, 7) is 6.36. The zero-order chi connectivity index (χ0) is 15.1. The highest BCUT2D eigenvalue weighted by molar-refractivity contribution is 9.10. The number of aryl methyl sites for hydroxylation is 1. The Kier molecular flexibility index (Phi) is 6.81. The molecule has 0 unspecified atom stereocenters. The Bertz CT molecular complexity index is 583. The van der Waals surface area contributed by atoms with Crippen molar-refractivity contribution in [3.63, 3.8) is 0 Å². The van der Waals surface area contributed by atoms with E-state index in [1.54, 1.807) is 0 Å². The second-order valence-electron chi connectivity index (χ2n) is 5.15. The molecule has 1 N–H and O–H groups in total. The summed E-state index contributed by atoms with van der Waals surface area (Å²) in [4.78, 5) is 1.31. The standard InChI is InChI=1S/C18H22BrNS/c1-3-10-20-12-15-8-9-17(11-18(15)19)21-13-16-7-5-4-6-14(16)2/h4-9,11,20H,3,10,12-13H2,1-2H3. The van der Waals surface area contributed by atoms with Gasteiger partial charge in [0.1, 0.15) is 0 Å². The first-order valence-electron chi connectivity index (χ1n) is 7.37. The van der Waals surface area contributed by atoms with Gasteiger partial charge in [-0.05, 0) is 48.7 Å². The summed E-state index contributed by atoms with van der Waals surface area (Å²) < 4.78 is 1.20. The third kappa shape index (κ3) is 5.17. The van der Waals surface area contributed by atoms with Crippen molar-refractivity contribution in [2.45, 2.75) is 37.5 Å². The lowest BCUT2D eigenvalue weighted by molar-refractivity contribution is 0.673. The second-order valence-corrected chi connectivity index (χ2v) is 7.05. The van der Waals surface area contributed by atoms with Crippen LogP contribution in [-0.4, -0.2) is 6.54 Å². The molecule has 0 amide bonds. The highest BCUT2D eigenvalue weighted by atomic mass is 79.9. The zero-order valence-corrected chi connectivity index (χ0v) is 15.1. The molecule has 2 aromatic rings. The van der Waals surface area contributed by atoms with Crippen molar-refractivity contribution in [2.75, 3.05) is 6.54 Å². The number of benzene rings is 2. The molecule has 0 aliphatic rings. The number of thioether (sulfide) groups is 1. The molecule has 1 nitrogen and oxygen atoms in total. The fraction of sp³-hybridized carbons (Fsp3) is 0.333. The number of rotatable bonds is 7. The zero-order valence-electron chi connectivity index (χ0n) is 12.7. The highest BCUT2D eigenvalue weighted by Crippen LogP contribution is 2.28. The molecular formula is C18H22BrNS. The molecule has 0 radical (unpaired) electrons. The average Bonchev–Trinajstić information content (AvgIpc) is 2.49. The quantitative estimate of drug-likeness (QED) is 0.511. The van der Waals surface area contributed by atoms with Crippen molar-refractivity contribution in [1.29, 1.82) is 0 Å². The lowest BCUT2D eigenvalue weighted by Gasteiger charge is -2.09. The third-order valence-electron chi connectivity index (χ3n) is 3.42. The molecule has 0 atom stereocenters. The van der Waals surface area contributed by atoms with E-state index in [4.69, 9.17) is 0 Å². The van der Waals surface area contributed by atoms with E-state index < -0.39 is 0 Å². The van der Waals surface area contributed by atoms with Crippen molar-refractivity contribution in [1.82, 2.24) is 5.32 Å². The molecule has 2 aromatic carbocycles. The molecule has 0 heterocycles. The van der Waals surface area contributed by atoms with Gasteiger partial charge in [0, 0.05) is 21.7 Å². The predicted molar refractivity (Wildman–Crippen MR) is 96.9 cm³/mol. The minimum absolute atomic E-state index is 0.928. The molecule has 2 rings (SSSR count). The summed E-state index contributed by atoms with van der Waals surface area (Å²) in [5.41, 5.74) is 4.10. The van der Waals surface area contributed by atoms with Crippen molar-refractivity contribution < 1.29 is 0 Å². The Labute approximate surface area is 140 Å². The SMILES string of the molecule is CCCNCc1ccc(SCc2ccccc2C)cc1Br. The number of halogens is 1. The Balaban J connectivity index is 1.95. The van der Waals surface area contributed by atoms with Crippen molar-refractivity contribution in [3.8, 4) is 0 Å². The summed E-state index contributed by atoms with van der Waals surface area (Å²) in [6, 6.07) is 15.3. The van der Waals surface area contributed by atoms with Crippen LogP contribution in [0.25, 0.3) is 0 Å². The van der Waals surface area contributed by atoms with Gasteiger partial charge in [-0.25, -0.2) is 0 Å². The van der Waals surface area contributed by atoms with Gasteiger partial charge in [-0.2, -0.15) is 0 Å². The first-order chi connectivity index (χ1) is 10.2. The molecule has 0 saturated heterocycles. The molecule has 0 aromatic heterocycles. The molecule has 0 fully saturated rings. The predicted octanol–water partition coefficient (Wildman–Crippen LogP) is 5.55. The van der Waals surface area contributed by atoms with Crippen LogP contribution in [0, 0.1) is 6.92 Å². The molecule has 3 heteroatoms. The minimum atomic E-state index is 0.928. The van der Waals surface area contributed by atoms with Gasteiger partial charge in [0.05, 0.1) is 0 Å². The first-order valence-corrected chi connectivity index (χ1v) is 9.15. The normalized spacial score (nSPS) is 10.8. The van der Waals surface area contributed by atoms with E-state index in [0.29, 0.717) is 0 Å². The molecule has 0 saturated carbocycles. The van der Waals surface area contributed by atoms with E-state index in [1.165, 1.54) is 32.5 Å². The molecule has 0 spiro atoms. The molecule has 0 aliphatic heterocycles. The number of hydrogen-bond acceptors (Lipinski definition) is 2. The van der Waals surface area contributed by atoms with Gasteiger partial charge in [0.15, 0.2) is 0 Å². The second kappa shape index (κ2) is 8.62. The van der Waals surface area contributed by atoms with Crippen molar-refractivity contribution in [3.05, 3.63) is 63.6 Å². The van der Waals surface area contributed by atoms with Crippen LogP contribution in [-0.2, 0) is 12.3 Å². The van der Waals surface area contributed by atoms with Crippen LogP contribution in [0.5, 0.6) is 0 Å². The molecule has 21 heavy (non-hydrogen) atoms. The minimum Gasteiger partial charge on any atom is -0.313 e. The van der Waals surface area contributed by atoms with E-state index >= 15 is 0 Å². The van der Waals surface area contributed by atoms with E-state index in [-0.39, 0.29) is 0 Å². The van der Waals surface area contributed by atoms with Gasteiger partial charge in [-0.3, -0.25) is 0 Å². The third-order valence-corrected chi connectivity index (χ3v) is 5.20. The Morgan fingerprint density at radius 1 is 1.10 bits per heavy atom. The van der Waals surface area contributed by atoms with Crippen LogP contribution in [0.4, 0.5) is 0 Å². The van der Waals surface area contributed by atoms with Gasteiger partial charge in [-0.15, -0.1) is 11.8 Å². The summed E-state index contributed by atoms with van der Waals surface area (Å²) in [5, 5.41) is 3.44. The summed E-state index contributed by atoms with van der Waals surface area (Å²) in [6.07, 6.45) is 1.17. The molecule has 0 aliphatic carbocycles.